The highest BCUT2D eigenvalue weighted by atomic mass is 127. The average molecular weight is 306 g/mol. The second-order valence-corrected chi connectivity index (χ2v) is 3.94. The third-order valence-corrected chi connectivity index (χ3v) is 2.67. The van der Waals surface area contributed by atoms with E-state index in [1.807, 2.05) is 10.8 Å². The van der Waals surface area contributed by atoms with E-state index in [1.54, 1.807) is 12.4 Å². The maximum Gasteiger partial charge on any atom is 0.223 e. The van der Waals surface area contributed by atoms with Crippen molar-refractivity contribution >= 4 is 51.4 Å². The molecule has 66 valence electrons. The van der Waals surface area contributed by atoms with E-state index in [1.165, 1.54) is 0 Å². The van der Waals surface area contributed by atoms with E-state index in [2.05, 4.69) is 39.1 Å². The van der Waals surface area contributed by atoms with Gasteiger partial charge in [-0.2, -0.15) is 0 Å². The molecule has 0 saturated carbocycles. The van der Waals surface area contributed by atoms with Crippen molar-refractivity contribution in [2.24, 2.45) is 0 Å². The molecule has 2 rings (SSSR count). The molecule has 2 aromatic heterocycles. The summed E-state index contributed by atoms with van der Waals surface area (Å²) in [7, 11) is 0. The monoisotopic (exact) mass is 305 g/mol. The van der Waals surface area contributed by atoms with Crippen LogP contribution in [0.4, 0.5) is 0 Å². The predicted molar refractivity (Wildman–Crippen MR) is 61.6 cm³/mol. The molecule has 0 bridgehead atoms. The van der Waals surface area contributed by atoms with Gasteiger partial charge in [-0.25, -0.2) is 9.97 Å². The molecule has 13 heavy (non-hydrogen) atoms. The van der Waals surface area contributed by atoms with E-state index in [0.717, 1.165) is 14.6 Å². The van der Waals surface area contributed by atoms with Crippen molar-refractivity contribution in [3.05, 3.63) is 27.8 Å². The van der Waals surface area contributed by atoms with Gasteiger partial charge in [0.15, 0.2) is 0 Å². The summed E-state index contributed by atoms with van der Waals surface area (Å²) in [5, 5.41) is 0.271. The van der Waals surface area contributed by atoms with Crippen molar-refractivity contribution in [3.8, 4) is 0 Å². The summed E-state index contributed by atoms with van der Waals surface area (Å²) in [6, 6.07) is 0. The molecule has 0 N–H and O–H groups in total. The quantitative estimate of drug-likeness (QED) is 0.599. The zero-order valence-electron chi connectivity index (χ0n) is 6.54. The Labute approximate surface area is 93.6 Å². The molecule has 0 aromatic carbocycles. The molecule has 0 saturated heterocycles. The maximum atomic E-state index is 5.68. The van der Waals surface area contributed by atoms with Crippen LogP contribution in [0.2, 0.25) is 5.28 Å². The summed E-state index contributed by atoms with van der Waals surface area (Å²) in [6.45, 7) is 3.69. The Bertz CT molecular complexity index is 477. The van der Waals surface area contributed by atoms with Crippen molar-refractivity contribution in [1.29, 1.82) is 0 Å². The fourth-order valence-corrected chi connectivity index (χ4v) is 1.95. The molecule has 0 aliphatic carbocycles. The highest BCUT2D eigenvalue weighted by molar-refractivity contribution is 14.1. The van der Waals surface area contributed by atoms with Gasteiger partial charge in [-0.05, 0) is 34.2 Å². The van der Waals surface area contributed by atoms with Gasteiger partial charge in [-0.1, -0.05) is 6.58 Å². The summed E-state index contributed by atoms with van der Waals surface area (Å²) in [4.78, 5) is 8.03. The normalized spacial score (nSPS) is 10.6. The van der Waals surface area contributed by atoms with Crippen LogP contribution >= 0.6 is 34.2 Å². The fourth-order valence-electron chi connectivity index (χ4n) is 1.12. The first-order valence-corrected chi connectivity index (χ1v) is 4.99. The molecule has 0 aliphatic rings. The van der Waals surface area contributed by atoms with Crippen molar-refractivity contribution < 1.29 is 0 Å². The molecule has 3 nitrogen and oxygen atoms in total. The Hall–Kier alpha value is -0.620. The van der Waals surface area contributed by atoms with Crippen LogP contribution in [0.5, 0.6) is 0 Å². The second kappa shape index (κ2) is 3.26. The van der Waals surface area contributed by atoms with Crippen molar-refractivity contribution in [1.82, 2.24) is 14.5 Å². The summed E-state index contributed by atoms with van der Waals surface area (Å²) >= 11 is 7.88. The lowest BCUT2D eigenvalue weighted by Crippen LogP contribution is -1.85. The minimum absolute atomic E-state index is 0.271. The lowest BCUT2D eigenvalue weighted by atomic mass is 10.5. The SMILES string of the molecule is C=Cn1cc(I)c2nc(Cl)ncc21. The maximum absolute atomic E-state index is 5.68. The largest absolute Gasteiger partial charge is 0.320 e. The number of nitrogens with zero attached hydrogens (tertiary/aromatic N) is 3. The first-order chi connectivity index (χ1) is 6.22. The number of hydrogen-bond acceptors (Lipinski definition) is 2. The van der Waals surface area contributed by atoms with Crippen LogP contribution in [0, 0.1) is 3.57 Å². The summed E-state index contributed by atoms with van der Waals surface area (Å²) < 4.78 is 2.91. The molecular weight excluding hydrogens is 300 g/mol. The summed E-state index contributed by atoms with van der Waals surface area (Å²) in [5.74, 6) is 0. The van der Waals surface area contributed by atoms with E-state index in [0.29, 0.717) is 0 Å². The van der Waals surface area contributed by atoms with Gasteiger partial charge in [0.2, 0.25) is 5.28 Å². The van der Waals surface area contributed by atoms with E-state index in [9.17, 15) is 0 Å². The van der Waals surface area contributed by atoms with Crippen LogP contribution < -0.4 is 0 Å². The van der Waals surface area contributed by atoms with Gasteiger partial charge < -0.3 is 4.57 Å². The predicted octanol–water partition coefficient (Wildman–Crippen LogP) is 2.79. The first kappa shape index (κ1) is 8.96. The minimum Gasteiger partial charge on any atom is -0.320 e. The Morgan fingerprint density at radius 1 is 1.62 bits per heavy atom. The first-order valence-electron chi connectivity index (χ1n) is 3.53. The number of hydrogen-bond donors (Lipinski definition) is 0. The zero-order chi connectivity index (χ0) is 9.42. The van der Waals surface area contributed by atoms with Gasteiger partial charge in [-0.3, -0.25) is 0 Å². The second-order valence-electron chi connectivity index (χ2n) is 2.44. The summed E-state index contributed by atoms with van der Waals surface area (Å²) in [6.07, 6.45) is 5.33. The molecule has 0 fully saturated rings. The standard InChI is InChI=1S/C8H5ClIN3/c1-2-13-4-5(10)7-6(13)3-11-8(9)12-7/h2-4H,1H2. The molecule has 0 radical (unpaired) electrons. The molecule has 0 amide bonds. The zero-order valence-corrected chi connectivity index (χ0v) is 9.45. The average Bonchev–Trinajstić information content (AvgIpc) is 2.43. The lowest BCUT2D eigenvalue weighted by Gasteiger charge is -1.94. The smallest absolute Gasteiger partial charge is 0.223 e. The minimum atomic E-state index is 0.271. The van der Waals surface area contributed by atoms with E-state index in [-0.39, 0.29) is 5.28 Å². The van der Waals surface area contributed by atoms with Gasteiger partial charge in [0.25, 0.3) is 0 Å². The van der Waals surface area contributed by atoms with Gasteiger partial charge >= 0.3 is 0 Å². The molecule has 2 aromatic rings. The number of rotatable bonds is 1. The van der Waals surface area contributed by atoms with Gasteiger partial charge in [0.05, 0.1) is 15.3 Å². The molecule has 0 unspecified atom stereocenters. The van der Waals surface area contributed by atoms with Crippen LogP contribution in [-0.2, 0) is 0 Å². The number of fused-ring (bicyclic) bond motifs is 1. The van der Waals surface area contributed by atoms with Crippen molar-refractivity contribution in [2.75, 3.05) is 0 Å². The Morgan fingerprint density at radius 3 is 3.08 bits per heavy atom. The van der Waals surface area contributed by atoms with Crippen LogP contribution in [0.25, 0.3) is 17.2 Å². The molecule has 0 atom stereocenters. The van der Waals surface area contributed by atoms with E-state index in [4.69, 9.17) is 11.6 Å². The number of aromatic nitrogens is 3. The highest BCUT2D eigenvalue weighted by Crippen LogP contribution is 2.21. The van der Waals surface area contributed by atoms with E-state index < -0.39 is 0 Å². The Balaban J connectivity index is 2.88. The molecule has 5 heteroatoms. The van der Waals surface area contributed by atoms with Crippen LogP contribution in [0.15, 0.2) is 19.0 Å². The van der Waals surface area contributed by atoms with Crippen LogP contribution in [0.1, 0.15) is 0 Å². The van der Waals surface area contributed by atoms with Gasteiger partial charge in [0.1, 0.15) is 5.52 Å². The lowest BCUT2D eigenvalue weighted by molar-refractivity contribution is 1.17. The van der Waals surface area contributed by atoms with E-state index >= 15 is 0 Å². The Morgan fingerprint density at radius 2 is 2.38 bits per heavy atom. The molecular formula is C8H5ClIN3. The van der Waals surface area contributed by atoms with Crippen molar-refractivity contribution in [2.45, 2.75) is 0 Å². The van der Waals surface area contributed by atoms with Crippen LogP contribution in [-0.4, -0.2) is 14.5 Å². The summed E-state index contributed by atoms with van der Waals surface area (Å²) in [5.41, 5.74) is 1.78. The molecule has 2 heterocycles. The number of halogens is 2. The fraction of sp³-hybridized carbons (Fsp3) is 0. The Kier molecular flexibility index (Phi) is 2.25. The molecule has 0 aliphatic heterocycles. The van der Waals surface area contributed by atoms with Crippen LogP contribution in [0.3, 0.4) is 0 Å². The van der Waals surface area contributed by atoms with Crippen molar-refractivity contribution in [3.63, 3.8) is 0 Å². The third-order valence-electron chi connectivity index (χ3n) is 1.69. The van der Waals surface area contributed by atoms with Gasteiger partial charge in [-0.15, -0.1) is 0 Å². The highest BCUT2D eigenvalue weighted by Gasteiger charge is 2.06. The third kappa shape index (κ3) is 1.44. The topological polar surface area (TPSA) is 30.7 Å². The molecule has 0 spiro atoms. The van der Waals surface area contributed by atoms with Gasteiger partial charge in [0, 0.05) is 12.4 Å².